The van der Waals surface area contributed by atoms with Gasteiger partial charge in [-0.15, -0.1) is 0 Å². The molecule has 0 saturated heterocycles. The van der Waals surface area contributed by atoms with Crippen molar-refractivity contribution in [3.63, 3.8) is 0 Å². The van der Waals surface area contributed by atoms with Crippen LogP contribution in [-0.4, -0.2) is 25.0 Å². The summed E-state index contributed by atoms with van der Waals surface area (Å²) in [7, 11) is -3.27. The second-order valence-corrected chi connectivity index (χ2v) is 7.47. The van der Waals surface area contributed by atoms with Crippen LogP contribution in [-0.2, 0) is 9.84 Å². The van der Waals surface area contributed by atoms with Crippen LogP contribution in [0.3, 0.4) is 0 Å². The summed E-state index contributed by atoms with van der Waals surface area (Å²) in [6.07, 6.45) is 0.568. The first-order valence-corrected chi connectivity index (χ1v) is 8.91. The van der Waals surface area contributed by atoms with E-state index in [0.29, 0.717) is 12.0 Å². The maximum atomic E-state index is 11.7. The van der Waals surface area contributed by atoms with E-state index in [1.807, 2.05) is 42.5 Å². The number of hydrogen-bond donors (Lipinski definition) is 1. The maximum Gasteiger partial charge on any atom is 0.153 e. The summed E-state index contributed by atoms with van der Waals surface area (Å²) in [6, 6.07) is 17.3. The lowest BCUT2D eigenvalue weighted by Crippen LogP contribution is -2.26. The lowest BCUT2D eigenvalue weighted by Gasteiger charge is -2.20. The molecule has 1 N–H and O–H groups in total. The highest BCUT2D eigenvalue weighted by Gasteiger charge is 2.28. The summed E-state index contributed by atoms with van der Waals surface area (Å²) in [4.78, 5) is 0. The molecule has 0 saturated carbocycles. The predicted octanol–water partition coefficient (Wildman–Crippen LogP) is 3.21. The average molecular weight is 304 g/mol. The van der Waals surface area contributed by atoms with Crippen LogP contribution in [0.4, 0.5) is 0 Å². The highest BCUT2D eigenvalue weighted by molar-refractivity contribution is 7.91. The number of hydrogen-bond acceptors (Lipinski definition) is 3. The quantitative estimate of drug-likeness (QED) is 0.923. The molecule has 0 unspecified atom stereocenters. The zero-order valence-electron chi connectivity index (χ0n) is 12.2. The van der Waals surface area contributed by atoms with Crippen LogP contribution in [0, 0.1) is 0 Å². The fourth-order valence-corrected chi connectivity index (χ4v) is 3.71. The first kappa shape index (κ1) is 15.7. The predicted molar refractivity (Wildman–Crippen MR) is 85.8 cm³/mol. The van der Waals surface area contributed by atoms with E-state index >= 15 is 0 Å². The van der Waals surface area contributed by atoms with E-state index in [-0.39, 0.29) is 0 Å². The Balaban J connectivity index is 2.27. The molecule has 0 heterocycles. The maximum absolute atomic E-state index is 11.7. The first-order chi connectivity index (χ1) is 9.93. The van der Waals surface area contributed by atoms with Crippen LogP contribution < -0.4 is 0 Å². The van der Waals surface area contributed by atoms with E-state index in [1.54, 1.807) is 19.1 Å². The SMILES string of the molecule is CC[C@H]([C@@H](O)c1ccc(-c2ccccc2)cc1)S(C)(=O)=O. The van der Waals surface area contributed by atoms with E-state index in [9.17, 15) is 13.5 Å². The van der Waals surface area contributed by atoms with Crippen molar-refractivity contribution in [1.29, 1.82) is 0 Å². The van der Waals surface area contributed by atoms with E-state index in [1.165, 1.54) is 6.26 Å². The Morgan fingerprint density at radius 2 is 1.48 bits per heavy atom. The van der Waals surface area contributed by atoms with Gasteiger partial charge in [-0.05, 0) is 23.1 Å². The van der Waals surface area contributed by atoms with Gasteiger partial charge >= 0.3 is 0 Å². The Morgan fingerprint density at radius 1 is 0.952 bits per heavy atom. The topological polar surface area (TPSA) is 54.4 Å². The van der Waals surface area contributed by atoms with Gasteiger partial charge in [-0.1, -0.05) is 61.5 Å². The molecule has 0 aliphatic rings. The Kier molecular flexibility index (Phi) is 4.80. The van der Waals surface area contributed by atoms with E-state index in [2.05, 4.69) is 0 Å². The fraction of sp³-hybridized carbons (Fsp3) is 0.294. The minimum absolute atomic E-state index is 0.389. The number of benzene rings is 2. The van der Waals surface area contributed by atoms with Crippen molar-refractivity contribution in [2.75, 3.05) is 6.26 Å². The van der Waals surface area contributed by atoms with Crippen LogP contribution in [0.25, 0.3) is 11.1 Å². The molecule has 3 nitrogen and oxygen atoms in total. The van der Waals surface area contributed by atoms with Gasteiger partial charge in [0.2, 0.25) is 0 Å². The molecule has 0 spiro atoms. The minimum Gasteiger partial charge on any atom is -0.387 e. The largest absolute Gasteiger partial charge is 0.387 e. The van der Waals surface area contributed by atoms with E-state index < -0.39 is 21.2 Å². The number of aliphatic hydroxyl groups excluding tert-OH is 1. The van der Waals surface area contributed by atoms with Crippen molar-refractivity contribution in [2.24, 2.45) is 0 Å². The van der Waals surface area contributed by atoms with Gasteiger partial charge in [0.25, 0.3) is 0 Å². The first-order valence-electron chi connectivity index (χ1n) is 6.95. The zero-order valence-corrected chi connectivity index (χ0v) is 13.0. The molecule has 0 radical (unpaired) electrons. The van der Waals surface area contributed by atoms with Crippen LogP contribution >= 0.6 is 0 Å². The van der Waals surface area contributed by atoms with Gasteiger partial charge in [0.1, 0.15) is 0 Å². The normalized spacial score (nSPS) is 14.6. The Labute approximate surface area is 126 Å². The highest BCUT2D eigenvalue weighted by Crippen LogP contribution is 2.27. The van der Waals surface area contributed by atoms with Gasteiger partial charge in [-0.25, -0.2) is 8.42 Å². The third-order valence-electron chi connectivity index (χ3n) is 3.66. The Bertz CT molecular complexity index is 676. The molecule has 0 fully saturated rings. The lowest BCUT2D eigenvalue weighted by atomic mass is 10.00. The van der Waals surface area contributed by atoms with Gasteiger partial charge in [0, 0.05) is 6.26 Å². The molecule has 0 amide bonds. The molecule has 112 valence electrons. The standard InChI is InChI=1S/C17H20O3S/c1-3-16(21(2,19)20)17(18)15-11-9-14(10-12-15)13-7-5-4-6-8-13/h4-12,16-18H,3H2,1-2H3/t16-,17+/m1/s1. The van der Waals surface area contributed by atoms with Crippen molar-refractivity contribution < 1.29 is 13.5 Å². The molecule has 0 aliphatic carbocycles. The summed E-state index contributed by atoms with van der Waals surface area (Å²) >= 11 is 0. The van der Waals surface area contributed by atoms with E-state index in [4.69, 9.17) is 0 Å². The van der Waals surface area contributed by atoms with E-state index in [0.717, 1.165) is 11.1 Å². The smallest absolute Gasteiger partial charge is 0.153 e. The van der Waals surface area contributed by atoms with Crippen molar-refractivity contribution in [1.82, 2.24) is 0 Å². The second kappa shape index (κ2) is 6.41. The van der Waals surface area contributed by atoms with Crippen LogP contribution in [0.2, 0.25) is 0 Å². The molecule has 2 atom stereocenters. The zero-order chi connectivity index (χ0) is 15.5. The summed E-state index contributed by atoms with van der Waals surface area (Å²) in [5, 5.41) is 9.53. The van der Waals surface area contributed by atoms with Crippen molar-refractivity contribution in [3.8, 4) is 11.1 Å². The number of aliphatic hydroxyl groups is 1. The van der Waals surface area contributed by atoms with Gasteiger partial charge in [0.15, 0.2) is 9.84 Å². The third-order valence-corrected chi connectivity index (χ3v) is 5.35. The monoisotopic (exact) mass is 304 g/mol. The van der Waals surface area contributed by atoms with Crippen LogP contribution in [0.15, 0.2) is 54.6 Å². The molecule has 0 aromatic heterocycles. The minimum atomic E-state index is -3.27. The Morgan fingerprint density at radius 3 is 1.95 bits per heavy atom. The number of rotatable bonds is 5. The van der Waals surface area contributed by atoms with Crippen LogP contribution in [0.5, 0.6) is 0 Å². The molecule has 2 aromatic carbocycles. The number of sulfone groups is 1. The average Bonchev–Trinajstić information content (AvgIpc) is 2.47. The highest BCUT2D eigenvalue weighted by atomic mass is 32.2. The molecule has 2 aromatic rings. The summed E-state index contributed by atoms with van der Waals surface area (Å²) in [5.41, 5.74) is 2.76. The third kappa shape index (κ3) is 3.71. The molecule has 0 bridgehead atoms. The molecular formula is C17H20O3S. The summed E-state index contributed by atoms with van der Waals surface area (Å²) < 4.78 is 23.4. The Hall–Kier alpha value is -1.65. The molecular weight excluding hydrogens is 284 g/mol. The van der Waals surface area contributed by atoms with Crippen molar-refractivity contribution >= 4 is 9.84 Å². The molecule has 0 aliphatic heterocycles. The van der Waals surface area contributed by atoms with Gasteiger partial charge in [0.05, 0.1) is 11.4 Å². The lowest BCUT2D eigenvalue weighted by molar-refractivity contribution is 0.169. The molecule has 2 rings (SSSR count). The van der Waals surface area contributed by atoms with Crippen LogP contribution in [0.1, 0.15) is 25.0 Å². The summed E-state index contributed by atoms with van der Waals surface area (Å²) in [5.74, 6) is 0. The fourth-order valence-electron chi connectivity index (χ4n) is 2.48. The van der Waals surface area contributed by atoms with Crippen molar-refractivity contribution in [3.05, 3.63) is 60.2 Å². The second-order valence-electron chi connectivity index (χ2n) is 5.21. The van der Waals surface area contributed by atoms with Gasteiger partial charge in [-0.3, -0.25) is 0 Å². The van der Waals surface area contributed by atoms with Crippen molar-refractivity contribution in [2.45, 2.75) is 24.7 Å². The van der Waals surface area contributed by atoms with Gasteiger partial charge < -0.3 is 5.11 Å². The summed E-state index contributed by atoms with van der Waals surface area (Å²) in [6.45, 7) is 1.77. The van der Waals surface area contributed by atoms with Gasteiger partial charge in [-0.2, -0.15) is 0 Å². The molecule has 21 heavy (non-hydrogen) atoms. The molecule has 4 heteroatoms.